The molecular formula is C41H31ClN2O12S2. The van der Waals surface area contributed by atoms with Crippen LogP contribution in [-0.2, 0) is 20.8 Å². The number of amides is 2. The maximum atomic E-state index is 13.3. The van der Waals surface area contributed by atoms with Crippen molar-refractivity contribution in [3.8, 4) is 28.2 Å². The number of fused-ring (bicyclic) bond motifs is 4. The topological polar surface area (TPSA) is 225 Å². The van der Waals surface area contributed by atoms with Gasteiger partial charge in [-0.1, -0.05) is 12.1 Å². The van der Waals surface area contributed by atoms with E-state index in [-0.39, 0.29) is 70.0 Å². The van der Waals surface area contributed by atoms with Gasteiger partial charge in [0.15, 0.2) is 5.43 Å². The van der Waals surface area contributed by atoms with Gasteiger partial charge in [-0.3, -0.25) is 19.3 Å². The monoisotopic (exact) mass is 842 g/mol. The van der Waals surface area contributed by atoms with Gasteiger partial charge in [0.05, 0.1) is 17.0 Å². The first-order chi connectivity index (χ1) is 27.8. The number of aryl methyl sites for hydroxylation is 1. The predicted octanol–water partition coefficient (Wildman–Crippen LogP) is 3.32. The van der Waals surface area contributed by atoms with E-state index in [2.05, 4.69) is 5.32 Å². The first-order valence-electron chi connectivity index (χ1n) is 17.9. The molecule has 2 aromatic carbocycles. The molecule has 4 heterocycles. The maximum Gasteiger partial charge on any atom is 0.352 e. The fraction of sp³-hybridized carbons (Fsp3) is 0.220. The number of phenolic OH excluding ortho intramolecular Hbond substituents is 1. The van der Waals surface area contributed by atoms with Crippen molar-refractivity contribution in [1.29, 1.82) is 0 Å². The van der Waals surface area contributed by atoms with Crippen molar-refractivity contribution < 1.29 is 48.4 Å². The Morgan fingerprint density at radius 3 is 2.52 bits per heavy atom. The van der Waals surface area contributed by atoms with Crippen molar-refractivity contribution in [2.24, 2.45) is 0 Å². The molecule has 0 radical (unpaired) electrons. The molecule has 0 spiro atoms. The molecule has 0 saturated carbocycles. The summed E-state index contributed by atoms with van der Waals surface area (Å²) in [5.41, 5.74) is 1.40. The van der Waals surface area contributed by atoms with E-state index in [4.69, 9.17) is 20.4 Å². The molecule has 2 amide bonds. The normalized spacial score (nSPS) is 19.8. The number of aliphatic carboxylic acids is 1. The summed E-state index contributed by atoms with van der Waals surface area (Å²) >= 11 is 8.60. The van der Waals surface area contributed by atoms with Crippen LogP contribution in [0.15, 0.2) is 95.3 Å². The molecule has 4 unspecified atom stereocenters. The third-order valence-corrected chi connectivity index (χ3v) is 12.9. The molecule has 296 valence electrons. The van der Waals surface area contributed by atoms with Crippen LogP contribution < -0.4 is 27.0 Å². The number of rotatable bonds is 11. The van der Waals surface area contributed by atoms with Gasteiger partial charge in [0.2, 0.25) is 5.91 Å². The molecule has 1 aromatic heterocycles. The van der Waals surface area contributed by atoms with Crippen molar-refractivity contribution in [2.45, 2.75) is 47.1 Å². The van der Waals surface area contributed by atoms with Crippen LogP contribution in [0, 0.1) is 0 Å². The summed E-state index contributed by atoms with van der Waals surface area (Å²) in [6.45, 7) is 0. The molecule has 58 heavy (non-hydrogen) atoms. The smallest absolute Gasteiger partial charge is 0.352 e. The fourth-order valence-corrected chi connectivity index (χ4v) is 9.93. The maximum absolute atomic E-state index is 13.3. The largest absolute Gasteiger partial charge is 0.508 e. The Bertz CT molecular complexity index is 2830. The highest BCUT2D eigenvalue weighted by Gasteiger charge is 2.54. The Labute approximate surface area is 340 Å². The Morgan fingerprint density at radius 2 is 1.74 bits per heavy atom. The van der Waals surface area contributed by atoms with Gasteiger partial charge in [-0.2, -0.15) is 0 Å². The number of hydrogen-bond acceptors (Lipinski definition) is 12. The number of nitrogens with zero attached hydrogens (tertiary/aromatic N) is 1. The first kappa shape index (κ1) is 39.0. The molecule has 1 saturated heterocycles. The average Bonchev–Trinajstić information content (AvgIpc) is 3.18. The lowest BCUT2D eigenvalue weighted by atomic mass is 9.91. The molecule has 4 atom stereocenters. The highest BCUT2D eigenvalue weighted by atomic mass is 35.5. The van der Waals surface area contributed by atoms with Crippen molar-refractivity contribution in [2.75, 3.05) is 11.5 Å². The zero-order chi connectivity index (χ0) is 41.0. The summed E-state index contributed by atoms with van der Waals surface area (Å²) in [4.78, 5) is 77.7. The number of alkyl halides is 1. The third kappa shape index (κ3) is 7.28. The quantitative estimate of drug-likeness (QED) is 0.0557. The molecule has 3 aromatic rings. The molecule has 1 fully saturated rings. The van der Waals surface area contributed by atoms with Gasteiger partial charge in [-0.05, 0) is 72.5 Å². The SMILES string of the molecule is O=C(CCCc1cc2c(oc1=O)=CC(O)C(Cl)C=2)NC1C(=O)N2C(C(=O)O)=C(CSc3ccc(-c4c5ccc(=O)cc-5oc5cc(O)ccc45)c(C(=O)O)c3)CSC12. The van der Waals surface area contributed by atoms with E-state index in [0.717, 1.165) is 4.90 Å². The molecule has 5 aliphatic rings. The number of carbonyl (C=O) groups excluding carboxylic acids is 2. The Kier molecular flexibility index (Phi) is 10.4. The third-order valence-electron chi connectivity index (χ3n) is 10.1. The van der Waals surface area contributed by atoms with Gasteiger partial charge in [-0.25, -0.2) is 14.4 Å². The van der Waals surface area contributed by atoms with E-state index >= 15 is 0 Å². The highest BCUT2D eigenvalue weighted by molar-refractivity contribution is 8.01. The van der Waals surface area contributed by atoms with E-state index in [0.29, 0.717) is 43.3 Å². The molecule has 8 rings (SSSR count). The number of phenols is 1. The van der Waals surface area contributed by atoms with E-state index in [9.17, 15) is 49.2 Å². The number of hydrogen-bond donors (Lipinski definition) is 5. The van der Waals surface area contributed by atoms with Crippen LogP contribution in [0.4, 0.5) is 0 Å². The molecule has 3 aliphatic heterocycles. The second-order valence-electron chi connectivity index (χ2n) is 13.8. The number of halogens is 1. The summed E-state index contributed by atoms with van der Waals surface area (Å²) in [5, 5.41) is 43.0. The molecule has 2 aliphatic carbocycles. The lowest BCUT2D eigenvalue weighted by molar-refractivity contribution is -0.150. The van der Waals surface area contributed by atoms with E-state index in [1.165, 1.54) is 59.9 Å². The zero-order valence-electron chi connectivity index (χ0n) is 30.0. The second-order valence-corrected chi connectivity index (χ2v) is 16.5. The Morgan fingerprint density at radius 1 is 0.948 bits per heavy atom. The summed E-state index contributed by atoms with van der Waals surface area (Å²) in [5.74, 6) is -3.06. The standard InChI is InChI=1S/C41H31ClN2O12S2/c42-28-11-19-10-18(41(54)56-30(19)15-29(28)47)2-1-3-33(48)43-35-37(49)44-36(40(52)53)20(17-58-38(35)44)16-57-23-6-9-24(27(14-23)39(50)51)34-25-7-4-21(45)12-31(25)55-32-13-22(46)5-8-26(32)34/h4-15,28-29,35,38,45,47H,1-3,16-17H2,(H,43,48)(H,50,51)(H,52,53). The number of carbonyl (C=O) groups is 4. The Balaban J connectivity index is 0.957. The number of aromatic carboxylic acids is 1. The summed E-state index contributed by atoms with van der Waals surface area (Å²) in [7, 11) is 0. The second kappa shape index (κ2) is 15.5. The van der Waals surface area contributed by atoms with Crippen molar-refractivity contribution in [1.82, 2.24) is 10.2 Å². The predicted molar refractivity (Wildman–Crippen MR) is 215 cm³/mol. The molecule has 0 bridgehead atoms. The van der Waals surface area contributed by atoms with Gasteiger partial charge in [0.25, 0.3) is 5.91 Å². The minimum absolute atomic E-state index is 0.0122. The molecular weight excluding hydrogens is 812 g/mol. The minimum atomic E-state index is -1.31. The average molecular weight is 843 g/mol. The number of aliphatic hydroxyl groups is 1. The minimum Gasteiger partial charge on any atom is -0.508 e. The first-order valence-corrected chi connectivity index (χ1v) is 20.3. The van der Waals surface area contributed by atoms with Gasteiger partial charge >= 0.3 is 17.6 Å². The van der Waals surface area contributed by atoms with E-state index < -0.39 is 52.3 Å². The number of benzene rings is 3. The number of nitrogens with one attached hydrogen (secondary N) is 1. The summed E-state index contributed by atoms with van der Waals surface area (Å²) in [6, 6.07) is 14.1. The van der Waals surface area contributed by atoms with Gasteiger partial charge in [-0.15, -0.1) is 35.1 Å². The zero-order valence-corrected chi connectivity index (χ0v) is 32.4. The molecule has 14 nitrogen and oxygen atoms in total. The van der Waals surface area contributed by atoms with Crippen LogP contribution in [0.25, 0.3) is 45.6 Å². The fourth-order valence-electron chi connectivity index (χ4n) is 7.30. The van der Waals surface area contributed by atoms with Gasteiger partial charge in [0.1, 0.15) is 39.6 Å². The van der Waals surface area contributed by atoms with Crippen LogP contribution in [0.2, 0.25) is 0 Å². The van der Waals surface area contributed by atoms with Gasteiger partial charge < -0.3 is 34.6 Å². The van der Waals surface area contributed by atoms with Crippen molar-refractivity contribution in [3.05, 3.63) is 114 Å². The van der Waals surface area contributed by atoms with Crippen LogP contribution in [0.1, 0.15) is 28.8 Å². The van der Waals surface area contributed by atoms with Gasteiger partial charge in [0, 0.05) is 62.2 Å². The summed E-state index contributed by atoms with van der Waals surface area (Å²) < 4.78 is 11.2. The van der Waals surface area contributed by atoms with Crippen molar-refractivity contribution >= 4 is 82.0 Å². The lowest BCUT2D eigenvalue weighted by Crippen LogP contribution is -2.70. The number of thioether (sulfide) groups is 2. The number of carboxylic acids is 2. The number of aliphatic hydroxyl groups excluding tert-OH is 1. The summed E-state index contributed by atoms with van der Waals surface area (Å²) in [6.07, 6.45) is 2.43. The lowest BCUT2D eigenvalue weighted by Gasteiger charge is -2.49. The number of carboxylic acid groups (broad SMARTS) is 2. The van der Waals surface area contributed by atoms with Crippen LogP contribution in [0.5, 0.6) is 5.75 Å². The number of β-lactam (4-membered cyclic amide) rings is 1. The molecule has 5 N–H and O–H groups in total. The number of aromatic hydroxyl groups is 1. The van der Waals surface area contributed by atoms with E-state index in [1.54, 1.807) is 36.4 Å². The van der Waals surface area contributed by atoms with Crippen molar-refractivity contribution in [3.63, 3.8) is 0 Å². The highest BCUT2D eigenvalue weighted by Crippen LogP contribution is 2.44. The Hall–Kier alpha value is -5.81. The van der Waals surface area contributed by atoms with Crippen LogP contribution in [-0.4, -0.2) is 83.5 Å². The van der Waals surface area contributed by atoms with E-state index in [1.807, 2.05) is 0 Å². The molecule has 17 heteroatoms. The van der Waals surface area contributed by atoms with Crippen LogP contribution >= 0.6 is 35.1 Å². The van der Waals surface area contributed by atoms with Crippen LogP contribution in [0.3, 0.4) is 0 Å².